The summed E-state index contributed by atoms with van der Waals surface area (Å²) >= 11 is 1.20. The molecule has 2 aromatic heterocycles. The molecule has 12 heteroatoms. The lowest BCUT2D eigenvalue weighted by Gasteiger charge is -2.20. The second-order valence-electron chi connectivity index (χ2n) is 12.0. The number of aliphatic imine (C=N–C) groups is 1. The van der Waals surface area contributed by atoms with Gasteiger partial charge in [-0.05, 0) is 94.5 Å². The SMILES string of the molecule is Cc1cnc(NC(=O)C2=CCCC=C(C(C)NC(=O)/C3=C/C(C(C)CCCCNc4cccnc4)=N/C=C/CCC3)S2)cc1C(F)(F)F. The first-order valence-electron chi connectivity index (χ1n) is 16.3. The topological polar surface area (TPSA) is 108 Å². The van der Waals surface area contributed by atoms with Crippen LogP contribution >= 0.6 is 11.8 Å². The van der Waals surface area contributed by atoms with Gasteiger partial charge in [-0.15, -0.1) is 0 Å². The van der Waals surface area contributed by atoms with Crippen LogP contribution in [0.3, 0.4) is 0 Å². The lowest BCUT2D eigenvalue weighted by Crippen LogP contribution is -2.35. The normalized spacial score (nSPS) is 19.6. The average Bonchev–Trinajstić information content (AvgIpc) is 3.24. The number of aromatic nitrogens is 2. The quantitative estimate of drug-likeness (QED) is 0.194. The summed E-state index contributed by atoms with van der Waals surface area (Å²) in [5, 5.41) is 9.00. The Labute approximate surface area is 284 Å². The number of rotatable bonds is 12. The number of hydrogen-bond acceptors (Lipinski definition) is 7. The van der Waals surface area contributed by atoms with Crippen LogP contribution in [-0.4, -0.2) is 40.1 Å². The largest absolute Gasteiger partial charge is 0.416 e. The second-order valence-corrected chi connectivity index (χ2v) is 13.1. The van der Waals surface area contributed by atoms with Gasteiger partial charge < -0.3 is 16.0 Å². The number of hydrogen-bond donors (Lipinski definition) is 3. The van der Waals surface area contributed by atoms with Crippen molar-refractivity contribution < 1.29 is 22.8 Å². The van der Waals surface area contributed by atoms with Crippen molar-refractivity contribution >= 4 is 40.8 Å². The second kappa shape index (κ2) is 17.8. The number of nitrogens with one attached hydrogen (secondary N) is 3. The zero-order valence-corrected chi connectivity index (χ0v) is 28.4. The number of anilines is 2. The van der Waals surface area contributed by atoms with Crippen LogP contribution in [-0.2, 0) is 15.8 Å². The van der Waals surface area contributed by atoms with Gasteiger partial charge in [0.15, 0.2) is 0 Å². The molecule has 0 aliphatic carbocycles. The van der Waals surface area contributed by atoms with Crippen molar-refractivity contribution in [2.75, 3.05) is 17.2 Å². The van der Waals surface area contributed by atoms with Crippen molar-refractivity contribution in [1.82, 2.24) is 15.3 Å². The van der Waals surface area contributed by atoms with E-state index in [1.807, 2.05) is 43.5 Å². The summed E-state index contributed by atoms with van der Waals surface area (Å²) in [6.07, 6.45) is 16.0. The van der Waals surface area contributed by atoms with Gasteiger partial charge in [0.1, 0.15) is 5.82 Å². The van der Waals surface area contributed by atoms with Gasteiger partial charge in [-0.1, -0.05) is 43.3 Å². The van der Waals surface area contributed by atoms with E-state index in [2.05, 4.69) is 32.8 Å². The maximum atomic E-state index is 13.6. The number of aryl methyl sites for hydroxylation is 1. The lowest BCUT2D eigenvalue weighted by molar-refractivity contribution is -0.138. The van der Waals surface area contributed by atoms with Crippen LogP contribution in [0.25, 0.3) is 0 Å². The summed E-state index contributed by atoms with van der Waals surface area (Å²) in [4.78, 5) is 40.6. The number of thioether (sulfide) groups is 1. The first kappa shape index (κ1) is 36.6. The minimum atomic E-state index is -4.56. The maximum absolute atomic E-state index is 13.6. The summed E-state index contributed by atoms with van der Waals surface area (Å²) in [5.74, 6) is -0.752. The van der Waals surface area contributed by atoms with E-state index in [0.29, 0.717) is 29.7 Å². The van der Waals surface area contributed by atoms with E-state index >= 15 is 0 Å². The van der Waals surface area contributed by atoms with Gasteiger partial charge in [-0.3, -0.25) is 19.6 Å². The molecule has 48 heavy (non-hydrogen) atoms. The average molecular weight is 681 g/mol. The minimum Gasteiger partial charge on any atom is -0.384 e. The lowest BCUT2D eigenvalue weighted by atomic mass is 9.95. The first-order valence-corrected chi connectivity index (χ1v) is 17.1. The van der Waals surface area contributed by atoms with Gasteiger partial charge in [0.25, 0.3) is 5.91 Å². The molecule has 0 radical (unpaired) electrons. The molecule has 2 unspecified atom stereocenters. The fraction of sp³-hybridized carbons (Fsp3) is 0.417. The van der Waals surface area contributed by atoms with E-state index in [4.69, 9.17) is 4.99 Å². The van der Waals surface area contributed by atoms with Gasteiger partial charge in [0.05, 0.1) is 22.2 Å². The highest BCUT2D eigenvalue weighted by molar-refractivity contribution is 8.07. The number of allylic oxidation sites excluding steroid dienone is 4. The highest BCUT2D eigenvalue weighted by atomic mass is 32.2. The predicted octanol–water partition coefficient (Wildman–Crippen LogP) is 8.53. The van der Waals surface area contributed by atoms with Crippen LogP contribution in [0.2, 0.25) is 0 Å². The Morgan fingerprint density at radius 3 is 2.65 bits per heavy atom. The molecule has 3 N–H and O–H groups in total. The molecule has 256 valence electrons. The van der Waals surface area contributed by atoms with E-state index in [1.54, 1.807) is 18.5 Å². The third-order valence-electron chi connectivity index (χ3n) is 8.04. The molecule has 8 nitrogen and oxygen atoms in total. The number of unbranched alkanes of at least 4 members (excludes halogenated alkanes) is 1. The summed E-state index contributed by atoms with van der Waals surface area (Å²) in [7, 11) is 0. The van der Waals surface area contributed by atoms with Crippen LogP contribution < -0.4 is 16.0 Å². The van der Waals surface area contributed by atoms with Gasteiger partial charge in [0.2, 0.25) is 5.91 Å². The molecule has 0 fully saturated rings. The van der Waals surface area contributed by atoms with Gasteiger partial charge in [0, 0.05) is 47.5 Å². The van der Waals surface area contributed by atoms with E-state index in [1.165, 1.54) is 18.7 Å². The molecule has 2 aliphatic heterocycles. The third kappa shape index (κ3) is 11.2. The molecule has 0 bridgehead atoms. The van der Waals surface area contributed by atoms with E-state index in [-0.39, 0.29) is 23.2 Å². The number of amides is 2. The summed E-state index contributed by atoms with van der Waals surface area (Å²) in [6, 6.07) is 4.34. The van der Waals surface area contributed by atoms with Crippen molar-refractivity contribution in [3.8, 4) is 0 Å². The summed E-state index contributed by atoms with van der Waals surface area (Å²) in [6.45, 7) is 6.17. The molecule has 0 spiro atoms. The van der Waals surface area contributed by atoms with Crippen LogP contribution in [0.5, 0.6) is 0 Å². The number of carbonyl (C=O) groups excluding carboxylic acids is 2. The van der Waals surface area contributed by atoms with E-state index < -0.39 is 23.7 Å². The fourth-order valence-corrected chi connectivity index (χ4v) is 6.31. The van der Waals surface area contributed by atoms with Crippen LogP contribution in [0.1, 0.15) is 76.3 Å². The predicted molar refractivity (Wildman–Crippen MR) is 187 cm³/mol. The van der Waals surface area contributed by atoms with Crippen LogP contribution in [0, 0.1) is 12.8 Å². The monoisotopic (exact) mass is 680 g/mol. The summed E-state index contributed by atoms with van der Waals surface area (Å²) < 4.78 is 40.2. The Kier molecular flexibility index (Phi) is 13.6. The highest BCUT2D eigenvalue weighted by Crippen LogP contribution is 2.35. The number of halogens is 3. The zero-order chi connectivity index (χ0) is 34.5. The molecule has 4 rings (SSSR count). The molecule has 0 saturated heterocycles. The maximum Gasteiger partial charge on any atom is 0.416 e. The van der Waals surface area contributed by atoms with Crippen molar-refractivity contribution in [3.05, 3.63) is 93.8 Å². The Balaban J connectivity index is 1.35. The molecule has 2 aromatic rings. The molecule has 2 atom stereocenters. The molecular formula is C36H43F3N6O2S. The Bertz CT molecular complexity index is 1580. The van der Waals surface area contributed by atoms with Crippen LogP contribution in [0.4, 0.5) is 24.7 Å². The van der Waals surface area contributed by atoms with E-state index in [9.17, 15) is 22.8 Å². The van der Waals surface area contributed by atoms with Crippen molar-refractivity contribution in [2.45, 2.75) is 84.4 Å². The first-order chi connectivity index (χ1) is 23.0. The van der Waals surface area contributed by atoms with Crippen LogP contribution in [0.15, 0.2) is 87.7 Å². The standard InChI is InChI=1S/C36H43F3N6O2S/c1-24(12-8-10-18-41-28-14-11-17-40-23-28)30-20-27(13-5-4-9-19-42-30)34(46)44-26(3)31-15-6-7-16-32(48-31)35(47)45-33-21-29(36(37,38)39)25(2)22-43-33/h9,11,14-17,19-24,26,41H,4-8,10,12-13,18H2,1-3H3,(H,44,46)(H,43,45,47)/b19-9+,27-20+,42-30-. The fourth-order valence-electron chi connectivity index (χ4n) is 5.27. The number of carbonyl (C=O) groups is 2. The minimum absolute atomic E-state index is 0.0253. The number of pyridine rings is 2. The number of alkyl halides is 3. The Hall–Kier alpha value is -4.19. The van der Waals surface area contributed by atoms with Crippen molar-refractivity contribution in [1.29, 1.82) is 0 Å². The Morgan fingerprint density at radius 2 is 1.88 bits per heavy atom. The smallest absolute Gasteiger partial charge is 0.384 e. The summed E-state index contributed by atoms with van der Waals surface area (Å²) in [5.41, 5.74) is 1.66. The molecule has 2 amide bonds. The van der Waals surface area contributed by atoms with Crippen molar-refractivity contribution in [3.63, 3.8) is 0 Å². The Morgan fingerprint density at radius 1 is 1.06 bits per heavy atom. The van der Waals surface area contributed by atoms with Crippen molar-refractivity contribution in [2.24, 2.45) is 10.9 Å². The van der Waals surface area contributed by atoms with Gasteiger partial charge in [-0.25, -0.2) is 4.98 Å². The third-order valence-corrected chi connectivity index (χ3v) is 9.37. The number of nitrogens with zero attached hydrogens (tertiary/aromatic N) is 3. The molecule has 4 heterocycles. The van der Waals surface area contributed by atoms with E-state index in [0.717, 1.165) is 67.2 Å². The molecule has 0 saturated carbocycles. The molecular weight excluding hydrogens is 637 g/mol. The van der Waals surface area contributed by atoms with Gasteiger partial charge in [-0.2, -0.15) is 13.2 Å². The van der Waals surface area contributed by atoms with Gasteiger partial charge >= 0.3 is 6.18 Å². The molecule has 0 aromatic carbocycles. The highest BCUT2D eigenvalue weighted by Gasteiger charge is 2.33. The molecule has 2 aliphatic rings. The zero-order valence-electron chi connectivity index (χ0n) is 27.6.